The molecule has 0 aliphatic heterocycles. The maximum Gasteiger partial charge on any atom is 0.352 e. The molecule has 4 bridgehead atoms. The molecule has 1 amide bonds. The van der Waals surface area contributed by atoms with Gasteiger partial charge in [-0.15, -0.1) is 5.10 Å². The van der Waals surface area contributed by atoms with Gasteiger partial charge in [0, 0.05) is 12.6 Å². The van der Waals surface area contributed by atoms with Crippen molar-refractivity contribution < 1.29 is 4.79 Å². The van der Waals surface area contributed by atoms with Crippen LogP contribution in [0.5, 0.6) is 0 Å². The highest BCUT2D eigenvalue weighted by atomic mass is 16.2. The van der Waals surface area contributed by atoms with Gasteiger partial charge in [-0.1, -0.05) is 18.6 Å². The van der Waals surface area contributed by atoms with E-state index in [0.717, 1.165) is 35.8 Å². The summed E-state index contributed by atoms with van der Waals surface area (Å²) < 4.78 is 2.42. The van der Waals surface area contributed by atoms with Crippen LogP contribution in [0.25, 0.3) is 5.65 Å². The Balaban J connectivity index is 1.50. The smallest absolute Gasteiger partial charge is 0.345 e. The molecule has 1 N–H and O–H groups in total. The largest absolute Gasteiger partial charge is 0.352 e. The first-order valence-electron chi connectivity index (χ1n) is 10.6. The Kier molecular flexibility index (Phi) is 4.07. The monoisotopic (exact) mass is 384 g/mol. The van der Waals surface area contributed by atoms with Gasteiger partial charge in [-0.25, -0.2) is 14.2 Å². The quantitative estimate of drug-likeness (QED) is 0.869. The Labute approximate surface area is 163 Å². The van der Waals surface area contributed by atoms with Crippen LogP contribution in [0.3, 0.4) is 0 Å². The van der Waals surface area contributed by atoms with Gasteiger partial charge in [0.1, 0.15) is 6.33 Å². The first-order chi connectivity index (χ1) is 13.5. The summed E-state index contributed by atoms with van der Waals surface area (Å²) in [5.41, 5.74) is -0.0923. The lowest BCUT2D eigenvalue weighted by Gasteiger charge is -2.44. The number of hydrogen-bond donors (Lipinski definition) is 1. The molecule has 0 saturated heterocycles. The number of imidazole rings is 1. The van der Waals surface area contributed by atoms with Crippen LogP contribution >= 0.6 is 0 Å². The van der Waals surface area contributed by atoms with Crippen molar-refractivity contribution in [1.82, 2.24) is 29.7 Å². The number of rotatable bonds is 4. The first-order valence-corrected chi connectivity index (χ1v) is 10.6. The minimum Gasteiger partial charge on any atom is -0.345 e. The van der Waals surface area contributed by atoms with Crippen LogP contribution in [0.15, 0.2) is 11.1 Å². The van der Waals surface area contributed by atoms with Crippen LogP contribution in [0.2, 0.25) is 0 Å². The second kappa shape index (κ2) is 6.39. The van der Waals surface area contributed by atoms with Crippen molar-refractivity contribution in [1.29, 1.82) is 0 Å². The highest BCUT2D eigenvalue weighted by Crippen LogP contribution is 2.55. The molecule has 2 aromatic heterocycles. The van der Waals surface area contributed by atoms with Gasteiger partial charge in [0.05, 0.1) is 0 Å². The van der Waals surface area contributed by atoms with E-state index in [1.54, 1.807) is 0 Å². The molecule has 4 fully saturated rings. The van der Waals surface area contributed by atoms with Crippen LogP contribution in [0, 0.1) is 23.7 Å². The van der Waals surface area contributed by atoms with Crippen molar-refractivity contribution >= 4 is 11.6 Å². The highest BCUT2D eigenvalue weighted by Gasteiger charge is 2.51. The molecule has 2 heterocycles. The number of amides is 1. The van der Waals surface area contributed by atoms with E-state index >= 15 is 0 Å². The third kappa shape index (κ3) is 2.68. The van der Waals surface area contributed by atoms with E-state index in [4.69, 9.17) is 0 Å². The van der Waals surface area contributed by atoms with E-state index in [1.165, 1.54) is 49.9 Å². The van der Waals surface area contributed by atoms with E-state index in [1.807, 2.05) is 0 Å². The molecule has 8 nitrogen and oxygen atoms in total. The number of nitrogens with zero attached hydrogens (tertiary/aromatic N) is 5. The predicted molar refractivity (Wildman–Crippen MR) is 103 cm³/mol. The van der Waals surface area contributed by atoms with E-state index in [9.17, 15) is 9.59 Å². The summed E-state index contributed by atoms with van der Waals surface area (Å²) in [7, 11) is 1.53. The highest BCUT2D eigenvalue weighted by molar-refractivity contribution is 5.98. The zero-order chi connectivity index (χ0) is 19.5. The predicted octanol–water partition coefficient (Wildman–Crippen LogP) is 1.94. The summed E-state index contributed by atoms with van der Waals surface area (Å²) >= 11 is 0. The Morgan fingerprint density at radius 1 is 1.21 bits per heavy atom. The lowest BCUT2D eigenvalue weighted by molar-refractivity contribution is 0.0741. The van der Waals surface area contributed by atoms with Gasteiger partial charge in [-0.3, -0.25) is 4.79 Å². The van der Waals surface area contributed by atoms with Crippen LogP contribution in [0.1, 0.15) is 68.8 Å². The maximum atomic E-state index is 13.3. The summed E-state index contributed by atoms with van der Waals surface area (Å²) in [6.07, 6.45) is 11.0. The second-order valence-corrected chi connectivity index (χ2v) is 9.32. The summed E-state index contributed by atoms with van der Waals surface area (Å²) in [6, 6.07) is 0. The zero-order valence-electron chi connectivity index (χ0n) is 16.6. The number of nitrogens with one attached hydrogen (secondary N) is 1. The number of fused-ring (bicyclic) bond motifs is 2. The van der Waals surface area contributed by atoms with Crippen molar-refractivity contribution in [2.45, 2.75) is 63.8 Å². The normalized spacial score (nSPS) is 33.9. The van der Waals surface area contributed by atoms with Gasteiger partial charge >= 0.3 is 5.69 Å². The Hall–Kier alpha value is -2.25. The third-order valence-corrected chi connectivity index (χ3v) is 7.44. The van der Waals surface area contributed by atoms with Crippen molar-refractivity contribution in [3.63, 3.8) is 0 Å². The molecular formula is C20H28N6O2. The molecular weight excluding hydrogens is 356 g/mol. The van der Waals surface area contributed by atoms with Crippen LogP contribution in [0.4, 0.5) is 0 Å². The molecule has 3 atom stereocenters. The van der Waals surface area contributed by atoms with E-state index < -0.39 is 0 Å². The topological polar surface area (TPSA) is 94.2 Å². The van der Waals surface area contributed by atoms with Crippen LogP contribution in [-0.4, -0.2) is 35.8 Å². The molecule has 2 aromatic rings. The number of carbonyl (C=O) groups is 1. The van der Waals surface area contributed by atoms with Gasteiger partial charge in [0.2, 0.25) is 0 Å². The molecule has 8 heteroatoms. The van der Waals surface area contributed by atoms with Crippen molar-refractivity contribution in [3.05, 3.63) is 22.5 Å². The standard InChI is InChI=1S/C20H28N6O2/c1-3-4-20(10-14-6-12-5-13(7-14)9-15(20)8-12)22-18(27)16-17-23-24-25(2)19(28)26(17)11-21-16/h11-15H,3-10H2,1-2H3,(H,22,27). The number of hydrogen-bond acceptors (Lipinski definition) is 5. The molecule has 4 aliphatic rings. The van der Waals surface area contributed by atoms with Crippen LogP contribution in [-0.2, 0) is 7.05 Å². The SMILES string of the molecule is CCCC1(NC(=O)c2ncn3c(=O)n(C)nnc23)CC2CC3CC(C2)CC1C3. The fourth-order valence-electron chi connectivity index (χ4n) is 6.58. The molecule has 0 spiro atoms. The molecule has 150 valence electrons. The third-order valence-electron chi connectivity index (χ3n) is 7.44. The Bertz CT molecular complexity index is 967. The molecule has 4 aliphatic carbocycles. The first kappa shape index (κ1) is 17.8. The van der Waals surface area contributed by atoms with Crippen molar-refractivity contribution in [2.24, 2.45) is 30.7 Å². The van der Waals surface area contributed by atoms with Gasteiger partial charge in [-0.05, 0) is 68.6 Å². The molecule has 3 unspecified atom stereocenters. The van der Waals surface area contributed by atoms with Gasteiger partial charge in [0.15, 0.2) is 11.3 Å². The van der Waals surface area contributed by atoms with E-state index in [-0.39, 0.29) is 28.5 Å². The summed E-state index contributed by atoms with van der Waals surface area (Å²) in [5.74, 6) is 2.70. The maximum absolute atomic E-state index is 13.3. The summed E-state index contributed by atoms with van der Waals surface area (Å²) in [4.78, 5) is 29.7. The lowest BCUT2D eigenvalue weighted by Crippen LogP contribution is -2.54. The van der Waals surface area contributed by atoms with E-state index in [0.29, 0.717) is 11.8 Å². The molecule has 4 saturated carbocycles. The minimum atomic E-state index is -0.356. The molecule has 0 aromatic carbocycles. The zero-order valence-corrected chi connectivity index (χ0v) is 16.6. The minimum absolute atomic E-state index is 0.163. The van der Waals surface area contributed by atoms with Gasteiger partial charge in [0.25, 0.3) is 5.91 Å². The average Bonchev–Trinajstić information content (AvgIpc) is 3.02. The molecule has 28 heavy (non-hydrogen) atoms. The van der Waals surface area contributed by atoms with Gasteiger partial charge in [-0.2, -0.15) is 4.68 Å². The number of aromatic nitrogens is 5. The second-order valence-electron chi connectivity index (χ2n) is 9.32. The van der Waals surface area contributed by atoms with E-state index in [2.05, 4.69) is 27.5 Å². The average molecular weight is 384 g/mol. The Morgan fingerprint density at radius 2 is 1.93 bits per heavy atom. The Morgan fingerprint density at radius 3 is 2.64 bits per heavy atom. The fourth-order valence-corrected chi connectivity index (χ4v) is 6.58. The fraction of sp³-hybridized carbons (Fsp3) is 0.750. The lowest BCUT2D eigenvalue weighted by atomic mass is 9.66. The van der Waals surface area contributed by atoms with Crippen LogP contribution < -0.4 is 11.0 Å². The molecule has 0 radical (unpaired) electrons. The van der Waals surface area contributed by atoms with Crippen molar-refractivity contribution in [3.8, 4) is 0 Å². The van der Waals surface area contributed by atoms with Gasteiger partial charge < -0.3 is 5.32 Å². The number of aryl methyl sites for hydroxylation is 1. The van der Waals surface area contributed by atoms with Crippen molar-refractivity contribution in [2.75, 3.05) is 0 Å². The molecule has 6 rings (SSSR count). The summed E-state index contributed by atoms with van der Waals surface area (Å²) in [5, 5.41) is 11.3. The summed E-state index contributed by atoms with van der Waals surface area (Å²) in [6.45, 7) is 2.20. The number of carbonyl (C=O) groups excluding carboxylic acids is 1.